The molecule has 0 aliphatic rings. The van der Waals surface area contributed by atoms with E-state index in [0.717, 1.165) is 16.2 Å². The van der Waals surface area contributed by atoms with E-state index in [1.807, 2.05) is 18.5 Å². The van der Waals surface area contributed by atoms with Crippen molar-refractivity contribution < 1.29 is 9.13 Å². The zero-order valence-corrected chi connectivity index (χ0v) is 12.5. The standard InChI is InChI=1S/C14H15ClFNOS/c1-8-4-10(11(15)6-12(8)16)14(17-2)13-5-9(18-3)7-19-13/h4-7,14,17H,1-3H3. The maximum atomic E-state index is 13.5. The van der Waals surface area contributed by atoms with Crippen molar-refractivity contribution in [1.29, 1.82) is 0 Å². The third kappa shape index (κ3) is 2.91. The maximum Gasteiger partial charge on any atom is 0.129 e. The van der Waals surface area contributed by atoms with Gasteiger partial charge in [0.05, 0.1) is 13.2 Å². The largest absolute Gasteiger partial charge is 0.496 e. The Morgan fingerprint density at radius 1 is 1.37 bits per heavy atom. The SMILES string of the molecule is CNC(c1cc(OC)cs1)c1cc(C)c(F)cc1Cl. The predicted octanol–water partition coefficient (Wildman–Crippen LogP) is 4.17. The minimum absolute atomic E-state index is 0.0688. The van der Waals surface area contributed by atoms with Gasteiger partial charge < -0.3 is 10.1 Å². The molecule has 0 amide bonds. The molecule has 1 atom stereocenters. The van der Waals surface area contributed by atoms with E-state index in [4.69, 9.17) is 16.3 Å². The molecule has 1 aromatic carbocycles. The minimum Gasteiger partial charge on any atom is -0.496 e. The molecule has 1 N–H and O–H groups in total. The molecular formula is C14H15ClFNOS. The summed E-state index contributed by atoms with van der Waals surface area (Å²) in [5.74, 6) is 0.530. The summed E-state index contributed by atoms with van der Waals surface area (Å²) in [4.78, 5) is 1.08. The molecule has 19 heavy (non-hydrogen) atoms. The fourth-order valence-electron chi connectivity index (χ4n) is 1.94. The summed E-state index contributed by atoms with van der Waals surface area (Å²) in [7, 11) is 3.49. The van der Waals surface area contributed by atoms with Crippen LogP contribution in [-0.4, -0.2) is 14.2 Å². The Kier molecular flexibility index (Phi) is 4.45. The summed E-state index contributed by atoms with van der Waals surface area (Å²) >= 11 is 7.74. The first-order chi connectivity index (χ1) is 9.06. The van der Waals surface area contributed by atoms with Crippen molar-refractivity contribution in [2.24, 2.45) is 0 Å². The molecule has 0 fully saturated rings. The molecule has 1 heterocycles. The first-order valence-electron chi connectivity index (χ1n) is 5.82. The molecule has 0 aliphatic heterocycles. The molecule has 102 valence electrons. The van der Waals surface area contributed by atoms with Gasteiger partial charge in [-0.1, -0.05) is 11.6 Å². The van der Waals surface area contributed by atoms with E-state index in [9.17, 15) is 4.39 Å². The predicted molar refractivity (Wildman–Crippen MR) is 77.9 cm³/mol. The van der Waals surface area contributed by atoms with E-state index in [2.05, 4.69) is 5.32 Å². The van der Waals surface area contributed by atoms with Gasteiger partial charge in [0.15, 0.2) is 0 Å². The van der Waals surface area contributed by atoms with Gasteiger partial charge in [-0.15, -0.1) is 11.3 Å². The van der Waals surface area contributed by atoms with Crippen molar-refractivity contribution in [3.05, 3.63) is 50.4 Å². The van der Waals surface area contributed by atoms with Crippen LogP contribution in [-0.2, 0) is 0 Å². The normalized spacial score (nSPS) is 12.5. The molecule has 1 unspecified atom stereocenters. The molecule has 2 rings (SSSR count). The van der Waals surface area contributed by atoms with Gasteiger partial charge in [-0.3, -0.25) is 0 Å². The van der Waals surface area contributed by atoms with Gasteiger partial charge in [-0.05, 0) is 43.3 Å². The Labute approximate surface area is 121 Å². The van der Waals surface area contributed by atoms with E-state index in [0.29, 0.717) is 10.6 Å². The van der Waals surface area contributed by atoms with Crippen LogP contribution < -0.4 is 10.1 Å². The van der Waals surface area contributed by atoms with Crippen molar-refractivity contribution >= 4 is 22.9 Å². The number of ether oxygens (including phenoxy) is 1. The van der Waals surface area contributed by atoms with Gasteiger partial charge in [0.25, 0.3) is 0 Å². The summed E-state index contributed by atoms with van der Waals surface area (Å²) in [5.41, 5.74) is 1.45. The van der Waals surface area contributed by atoms with Crippen molar-refractivity contribution in [1.82, 2.24) is 5.32 Å². The molecule has 0 saturated carbocycles. The van der Waals surface area contributed by atoms with Crippen molar-refractivity contribution in [3.8, 4) is 5.75 Å². The number of nitrogens with one attached hydrogen (secondary N) is 1. The van der Waals surface area contributed by atoms with Crippen LogP contribution in [0.5, 0.6) is 5.75 Å². The number of rotatable bonds is 4. The second-order valence-electron chi connectivity index (χ2n) is 4.23. The zero-order valence-electron chi connectivity index (χ0n) is 11.0. The first-order valence-corrected chi connectivity index (χ1v) is 7.07. The Bertz CT molecular complexity index is 585. The molecule has 5 heteroatoms. The smallest absolute Gasteiger partial charge is 0.129 e. The maximum absolute atomic E-state index is 13.5. The Hall–Kier alpha value is -1.10. The van der Waals surface area contributed by atoms with E-state index in [-0.39, 0.29) is 11.9 Å². The highest BCUT2D eigenvalue weighted by molar-refractivity contribution is 7.10. The summed E-state index contributed by atoms with van der Waals surface area (Å²) in [6.45, 7) is 1.73. The fourth-order valence-corrected chi connectivity index (χ4v) is 3.19. The summed E-state index contributed by atoms with van der Waals surface area (Å²) in [6.07, 6.45) is 0. The lowest BCUT2D eigenvalue weighted by atomic mass is 10.0. The molecular weight excluding hydrogens is 285 g/mol. The Morgan fingerprint density at radius 2 is 2.11 bits per heavy atom. The van der Waals surface area contributed by atoms with Crippen molar-refractivity contribution in [2.75, 3.05) is 14.2 Å². The zero-order chi connectivity index (χ0) is 14.0. The minimum atomic E-state index is -0.285. The fraction of sp³-hybridized carbons (Fsp3) is 0.286. The summed E-state index contributed by atoms with van der Waals surface area (Å²) in [6, 6.07) is 5.04. The highest BCUT2D eigenvalue weighted by Crippen LogP contribution is 2.35. The number of methoxy groups -OCH3 is 1. The van der Waals surface area contributed by atoms with Crippen LogP contribution in [0.25, 0.3) is 0 Å². The summed E-state index contributed by atoms with van der Waals surface area (Å²) < 4.78 is 18.7. The van der Waals surface area contributed by atoms with E-state index in [1.165, 1.54) is 6.07 Å². The Balaban J connectivity index is 2.44. The number of benzene rings is 1. The molecule has 2 nitrogen and oxygen atoms in total. The third-order valence-electron chi connectivity index (χ3n) is 2.99. The highest BCUT2D eigenvalue weighted by atomic mass is 35.5. The average molecular weight is 300 g/mol. The number of halogens is 2. The van der Waals surface area contributed by atoms with Crippen LogP contribution >= 0.6 is 22.9 Å². The number of hydrogen-bond acceptors (Lipinski definition) is 3. The molecule has 0 saturated heterocycles. The van der Waals surface area contributed by atoms with Gasteiger partial charge in [-0.25, -0.2) is 4.39 Å². The molecule has 0 bridgehead atoms. The second-order valence-corrected chi connectivity index (χ2v) is 5.58. The summed E-state index contributed by atoms with van der Waals surface area (Å²) in [5, 5.41) is 5.57. The third-order valence-corrected chi connectivity index (χ3v) is 4.30. The highest BCUT2D eigenvalue weighted by Gasteiger charge is 2.19. The van der Waals surface area contributed by atoms with Gasteiger partial charge in [0.1, 0.15) is 11.6 Å². The molecule has 2 aromatic rings. The van der Waals surface area contributed by atoms with Crippen LogP contribution in [0.15, 0.2) is 23.6 Å². The second kappa shape index (κ2) is 5.90. The number of aryl methyl sites for hydroxylation is 1. The van der Waals surface area contributed by atoms with Crippen molar-refractivity contribution in [3.63, 3.8) is 0 Å². The van der Waals surface area contributed by atoms with Crippen LogP contribution in [0, 0.1) is 12.7 Å². The Morgan fingerprint density at radius 3 is 2.68 bits per heavy atom. The molecule has 0 aliphatic carbocycles. The lowest BCUT2D eigenvalue weighted by molar-refractivity contribution is 0.416. The average Bonchev–Trinajstić information content (AvgIpc) is 2.85. The van der Waals surface area contributed by atoms with E-state index >= 15 is 0 Å². The monoisotopic (exact) mass is 299 g/mol. The van der Waals surface area contributed by atoms with Crippen LogP contribution in [0.1, 0.15) is 22.0 Å². The van der Waals surface area contributed by atoms with Crippen LogP contribution in [0.3, 0.4) is 0 Å². The number of thiophene rings is 1. The van der Waals surface area contributed by atoms with Crippen LogP contribution in [0.2, 0.25) is 5.02 Å². The van der Waals surface area contributed by atoms with Crippen molar-refractivity contribution in [2.45, 2.75) is 13.0 Å². The first kappa shape index (κ1) is 14.3. The molecule has 0 radical (unpaired) electrons. The lowest BCUT2D eigenvalue weighted by Gasteiger charge is -2.17. The number of hydrogen-bond donors (Lipinski definition) is 1. The van der Waals surface area contributed by atoms with Gasteiger partial charge >= 0.3 is 0 Å². The van der Waals surface area contributed by atoms with Gasteiger partial charge in [0, 0.05) is 15.3 Å². The molecule has 0 spiro atoms. The quantitative estimate of drug-likeness (QED) is 0.915. The topological polar surface area (TPSA) is 21.3 Å². The van der Waals surface area contributed by atoms with Gasteiger partial charge in [0.2, 0.25) is 0 Å². The molecule has 1 aromatic heterocycles. The van der Waals surface area contributed by atoms with Crippen LogP contribution in [0.4, 0.5) is 4.39 Å². The van der Waals surface area contributed by atoms with E-state index in [1.54, 1.807) is 31.4 Å². The van der Waals surface area contributed by atoms with E-state index < -0.39 is 0 Å². The lowest BCUT2D eigenvalue weighted by Crippen LogP contribution is -2.17. The van der Waals surface area contributed by atoms with Gasteiger partial charge in [-0.2, -0.15) is 0 Å².